The maximum atomic E-state index is 12.1. The van der Waals surface area contributed by atoms with Gasteiger partial charge in [-0.15, -0.1) is 0 Å². The maximum Gasteiger partial charge on any atom is 0.277 e. The van der Waals surface area contributed by atoms with Crippen LogP contribution in [0.15, 0.2) is 77.9 Å². The number of ether oxygens (including phenoxy) is 1. The Balaban J connectivity index is 1.62. The Bertz CT molecular complexity index is 918. The molecule has 0 saturated heterocycles. The van der Waals surface area contributed by atoms with Gasteiger partial charge in [-0.3, -0.25) is 4.79 Å². The van der Waals surface area contributed by atoms with Crippen LogP contribution in [0.25, 0.3) is 10.8 Å². The van der Waals surface area contributed by atoms with E-state index in [4.69, 9.17) is 4.74 Å². The first-order chi connectivity index (χ1) is 12.6. The van der Waals surface area contributed by atoms with Gasteiger partial charge in [-0.2, -0.15) is 5.10 Å². The molecule has 4 heteroatoms. The van der Waals surface area contributed by atoms with Crippen LogP contribution in [0.1, 0.15) is 19.4 Å². The predicted molar refractivity (Wildman–Crippen MR) is 105 cm³/mol. The maximum absolute atomic E-state index is 12.1. The molecule has 3 aromatic rings. The summed E-state index contributed by atoms with van der Waals surface area (Å²) >= 11 is 0. The van der Waals surface area contributed by atoms with Gasteiger partial charge in [0.15, 0.2) is 6.61 Å². The average Bonchev–Trinajstić information content (AvgIpc) is 2.67. The number of hydrogen-bond acceptors (Lipinski definition) is 3. The van der Waals surface area contributed by atoms with Crippen molar-refractivity contribution in [3.8, 4) is 5.75 Å². The predicted octanol–water partition coefficient (Wildman–Crippen LogP) is 4.40. The smallest absolute Gasteiger partial charge is 0.277 e. The van der Waals surface area contributed by atoms with Gasteiger partial charge in [0.25, 0.3) is 5.91 Å². The second kappa shape index (κ2) is 8.30. The summed E-state index contributed by atoms with van der Waals surface area (Å²) in [6.45, 7) is 4.01. The highest BCUT2D eigenvalue weighted by atomic mass is 16.5. The summed E-state index contributed by atoms with van der Waals surface area (Å²) in [5, 5.41) is 6.51. The van der Waals surface area contributed by atoms with Gasteiger partial charge in [0, 0.05) is 0 Å². The zero-order chi connectivity index (χ0) is 18.4. The van der Waals surface area contributed by atoms with Crippen LogP contribution in [0.3, 0.4) is 0 Å². The van der Waals surface area contributed by atoms with Gasteiger partial charge in [0.1, 0.15) is 5.75 Å². The second-order valence-electron chi connectivity index (χ2n) is 6.35. The molecule has 0 spiro atoms. The Morgan fingerprint density at radius 3 is 2.38 bits per heavy atom. The molecule has 0 bridgehead atoms. The number of carbonyl (C=O) groups is 1. The fourth-order valence-electron chi connectivity index (χ4n) is 2.70. The molecule has 0 fully saturated rings. The van der Waals surface area contributed by atoms with Crippen LogP contribution >= 0.6 is 0 Å². The third-order valence-electron chi connectivity index (χ3n) is 4.01. The van der Waals surface area contributed by atoms with Crippen molar-refractivity contribution in [3.05, 3.63) is 78.4 Å². The molecule has 0 unspecified atom stereocenters. The van der Waals surface area contributed by atoms with E-state index >= 15 is 0 Å². The Morgan fingerprint density at radius 1 is 0.962 bits per heavy atom. The number of carbonyl (C=O) groups excluding carboxylic acids is 1. The number of fused-ring (bicyclic) bond motifs is 1. The Kier molecular flexibility index (Phi) is 5.64. The fraction of sp³-hybridized carbons (Fsp3) is 0.182. The van der Waals surface area contributed by atoms with Gasteiger partial charge >= 0.3 is 0 Å². The van der Waals surface area contributed by atoms with E-state index in [1.807, 2.05) is 86.6 Å². The Morgan fingerprint density at radius 2 is 1.65 bits per heavy atom. The van der Waals surface area contributed by atoms with Crippen LogP contribution in [0.2, 0.25) is 0 Å². The number of nitrogens with one attached hydrogen (secondary N) is 1. The van der Waals surface area contributed by atoms with Crippen molar-refractivity contribution in [1.82, 2.24) is 5.43 Å². The number of benzene rings is 3. The normalized spacial score (nSPS) is 11.6. The molecule has 1 amide bonds. The minimum atomic E-state index is -0.285. The van der Waals surface area contributed by atoms with Crippen LogP contribution in [0.4, 0.5) is 0 Å². The molecule has 0 radical (unpaired) electrons. The number of amides is 1. The van der Waals surface area contributed by atoms with Crippen LogP contribution in [0.5, 0.6) is 5.75 Å². The van der Waals surface area contributed by atoms with E-state index in [2.05, 4.69) is 10.5 Å². The molecule has 0 aliphatic carbocycles. The Labute approximate surface area is 153 Å². The van der Waals surface area contributed by atoms with Crippen molar-refractivity contribution in [2.45, 2.75) is 13.8 Å². The molecule has 0 atom stereocenters. The molecule has 0 aliphatic heterocycles. The van der Waals surface area contributed by atoms with Gasteiger partial charge in [-0.25, -0.2) is 5.43 Å². The van der Waals surface area contributed by atoms with Gasteiger partial charge in [-0.05, 0) is 34.4 Å². The molecule has 132 valence electrons. The van der Waals surface area contributed by atoms with Crippen LogP contribution in [0, 0.1) is 5.92 Å². The van der Waals surface area contributed by atoms with E-state index in [-0.39, 0.29) is 18.4 Å². The number of hydrogen-bond donors (Lipinski definition) is 1. The van der Waals surface area contributed by atoms with Gasteiger partial charge in [0.05, 0.1) is 5.71 Å². The minimum absolute atomic E-state index is 0.0813. The highest BCUT2D eigenvalue weighted by Gasteiger charge is 2.09. The molecule has 26 heavy (non-hydrogen) atoms. The SMILES string of the molecule is CC(C)C(=NNC(=O)COc1ccc2ccccc2c1)c1ccccc1. The van der Waals surface area contributed by atoms with Crippen LogP contribution in [-0.4, -0.2) is 18.2 Å². The standard InChI is InChI=1S/C22H22N2O2/c1-16(2)22(18-9-4-3-5-10-18)24-23-21(25)15-26-20-13-12-17-8-6-7-11-19(17)14-20/h3-14,16H,15H2,1-2H3,(H,23,25). The lowest BCUT2D eigenvalue weighted by molar-refractivity contribution is -0.123. The monoisotopic (exact) mass is 346 g/mol. The quantitative estimate of drug-likeness (QED) is 0.531. The van der Waals surface area contributed by atoms with E-state index < -0.39 is 0 Å². The molecule has 4 nitrogen and oxygen atoms in total. The van der Waals surface area contributed by atoms with Crippen molar-refractivity contribution in [2.24, 2.45) is 11.0 Å². The molecule has 0 heterocycles. The number of nitrogens with zero attached hydrogens (tertiary/aromatic N) is 1. The van der Waals surface area contributed by atoms with Gasteiger partial charge < -0.3 is 4.74 Å². The van der Waals surface area contributed by atoms with Gasteiger partial charge in [0.2, 0.25) is 0 Å². The largest absolute Gasteiger partial charge is 0.484 e. The Hall–Kier alpha value is -3.14. The van der Waals surface area contributed by atoms with Crippen molar-refractivity contribution in [1.29, 1.82) is 0 Å². The van der Waals surface area contributed by atoms with Crippen LogP contribution in [-0.2, 0) is 4.79 Å². The van der Waals surface area contributed by atoms with E-state index in [0.29, 0.717) is 5.75 Å². The first kappa shape index (κ1) is 17.7. The summed E-state index contributed by atoms with van der Waals surface area (Å²) in [7, 11) is 0. The molecule has 1 N–H and O–H groups in total. The third kappa shape index (κ3) is 4.48. The van der Waals surface area contributed by atoms with Crippen molar-refractivity contribution in [2.75, 3.05) is 6.61 Å². The summed E-state index contributed by atoms with van der Waals surface area (Å²) in [5.41, 5.74) is 4.43. The molecule has 0 saturated carbocycles. The lowest BCUT2D eigenvalue weighted by Crippen LogP contribution is -2.27. The molecule has 0 aromatic heterocycles. The summed E-state index contributed by atoms with van der Waals surface area (Å²) in [4.78, 5) is 12.1. The molecule has 0 aliphatic rings. The second-order valence-corrected chi connectivity index (χ2v) is 6.35. The highest BCUT2D eigenvalue weighted by Crippen LogP contribution is 2.20. The van der Waals surface area contributed by atoms with Crippen molar-refractivity contribution < 1.29 is 9.53 Å². The highest BCUT2D eigenvalue weighted by molar-refractivity contribution is 6.02. The zero-order valence-corrected chi connectivity index (χ0v) is 15.0. The summed E-state index contributed by atoms with van der Waals surface area (Å²) in [5.74, 6) is 0.571. The fourth-order valence-corrected chi connectivity index (χ4v) is 2.70. The molecular weight excluding hydrogens is 324 g/mol. The summed E-state index contributed by atoms with van der Waals surface area (Å²) in [6, 6.07) is 23.6. The van der Waals surface area contributed by atoms with E-state index in [9.17, 15) is 4.79 Å². The lowest BCUT2D eigenvalue weighted by Gasteiger charge is -2.11. The minimum Gasteiger partial charge on any atom is -0.484 e. The number of rotatable bonds is 6. The van der Waals surface area contributed by atoms with Crippen molar-refractivity contribution in [3.63, 3.8) is 0 Å². The van der Waals surface area contributed by atoms with Crippen LogP contribution < -0.4 is 10.2 Å². The van der Waals surface area contributed by atoms with E-state index in [1.165, 1.54) is 0 Å². The average molecular weight is 346 g/mol. The summed E-state index contributed by atoms with van der Waals surface area (Å²) < 4.78 is 5.59. The number of hydrazone groups is 1. The first-order valence-electron chi connectivity index (χ1n) is 8.67. The lowest BCUT2D eigenvalue weighted by atomic mass is 10.0. The van der Waals surface area contributed by atoms with E-state index in [0.717, 1.165) is 22.0 Å². The van der Waals surface area contributed by atoms with E-state index in [1.54, 1.807) is 0 Å². The van der Waals surface area contributed by atoms with Crippen molar-refractivity contribution >= 4 is 22.4 Å². The molecular formula is C22H22N2O2. The van der Waals surface area contributed by atoms with Gasteiger partial charge in [-0.1, -0.05) is 74.5 Å². The summed E-state index contributed by atoms with van der Waals surface area (Å²) in [6.07, 6.45) is 0. The molecule has 3 rings (SSSR count). The topological polar surface area (TPSA) is 50.7 Å². The molecule has 3 aromatic carbocycles. The zero-order valence-electron chi connectivity index (χ0n) is 15.0. The first-order valence-corrected chi connectivity index (χ1v) is 8.67. The third-order valence-corrected chi connectivity index (χ3v) is 4.01.